The fourth-order valence-electron chi connectivity index (χ4n) is 1.98. The van der Waals surface area contributed by atoms with Gasteiger partial charge in [0.1, 0.15) is 0 Å². The minimum absolute atomic E-state index is 0.445. The van der Waals surface area contributed by atoms with E-state index in [1.165, 1.54) is 4.88 Å². The minimum Gasteiger partial charge on any atom is -0.313 e. The largest absolute Gasteiger partial charge is 0.313 e. The summed E-state index contributed by atoms with van der Waals surface area (Å²) in [6.07, 6.45) is 5.15. The van der Waals surface area contributed by atoms with Crippen molar-refractivity contribution in [2.75, 3.05) is 6.54 Å². The van der Waals surface area contributed by atoms with Crippen LogP contribution >= 0.6 is 11.3 Å². The highest BCUT2D eigenvalue weighted by Crippen LogP contribution is 2.13. The average molecular weight is 264 g/mol. The van der Waals surface area contributed by atoms with Crippen molar-refractivity contribution in [2.24, 2.45) is 7.05 Å². The summed E-state index contributed by atoms with van der Waals surface area (Å²) < 4.78 is 1.76. The molecule has 0 aliphatic carbocycles. The van der Waals surface area contributed by atoms with Gasteiger partial charge in [0.15, 0.2) is 0 Å². The molecule has 0 bridgehead atoms. The molecule has 2 rings (SSSR count). The van der Waals surface area contributed by atoms with E-state index in [2.05, 4.69) is 40.1 Å². The highest BCUT2D eigenvalue weighted by atomic mass is 32.1. The zero-order valence-electron chi connectivity index (χ0n) is 11.0. The Morgan fingerprint density at radius 2 is 2.33 bits per heavy atom. The molecule has 0 aromatic carbocycles. The van der Waals surface area contributed by atoms with E-state index in [9.17, 15) is 0 Å². The van der Waals surface area contributed by atoms with Crippen LogP contribution in [0.5, 0.6) is 0 Å². The first-order chi connectivity index (χ1) is 8.78. The number of nitrogens with zero attached hydrogens (tertiary/aromatic N) is 3. The Bertz CT molecular complexity index is 449. The van der Waals surface area contributed by atoms with E-state index in [1.807, 2.05) is 24.6 Å². The van der Waals surface area contributed by atoms with Crippen LogP contribution in [0.1, 0.15) is 23.9 Å². The van der Waals surface area contributed by atoms with Crippen LogP contribution in [0.15, 0.2) is 23.7 Å². The number of aryl methyl sites for hydroxylation is 1. The molecule has 98 valence electrons. The molecule has 1 unspecified atom stereocenters. The molecule has 1 N–H and O–H groups in total. The van der Waals surface area contributed by atoms with Gasteiger partial charge in [0, 0.05) is 30.6 Å². The SMILES string of the molecule is CCCNC(Cc1cn(C)nn1)Cc1cccs1. The van der Waals surface area contributed by atoms with Gasteiger partial charge in [-0.05, 0) is 30.8 Å². The van der Waals surface area contributed by atoms with Gasteiger partial charge in [-0.3, -0.25) is 4.68 Å². The van der Waals surface area contributed by atoms with Crippen molar-refractivity contribution < 1.29 is 0 Å². The third-order valence-electron chi connectivity index (χ3n) is 2.82. The fraction of sp³-hybridized carbons (Fsp3) is 0.538. The minimum atomic E-state index is 0.445. The summed E-state index contributed by atoms with van der Waals surface area (Å²) in [6, 6.07) is 4.75. The first-order valence-electron chi connectivity index (χ1n) is 6.39. The number of aromatic nitrogens is 3. The second-order valence-corrected chi connectivity index (χ2v) is 5.55. The van der Waals surface area contributed by atoms with Gasteiger partial charge in [-0.15, -0.1) is 16.4 Å². The van der Waals surface area contributed by atoms with E-state index >= 15 is 0 Å². The van der Waals surface area contributed by atoms with E-state index in [1.54, 1.807) is 4.68 Å². The lowest BCUT2D eigenvalue weighted by Crippen LogP contribution is -2.33. The van der Waals surface area contributed by atoms with Crippen LogP contribution in [0.25, 0.3) is 0 Å². The lowest BCUT2D eigenvalue weighted by atomic mass is 10.1. The standard InChI is InChI=1S/C13H20N4S/c1-3-6-14-11(9-13-5-4-7-18-13)8-12-10-17(2)16-15-12/h4-5,7,10-11,14H,3,6,8-9H2,1-2H3. The highest BCUT2D eigenvalue weighted by Gasteiger charge is 2.12. The molecule has 0 saturated carbocycles. The smallest absolute Gasteiger partial charge is 0.0842 e. The highest BCUT2D eigenvalue weighted by molar-refractivity contribution is 7.09. The van der Waals surface area contributed by atoms with Crippen LogP contribution in [0.4, 0.5) is 0 Å². The van der Waals surface area contributed by atoms with Crippen molar-refractivity contribution in [3.05, 3.63) is 34.3 Å². The zero-order chi connectivity index (χ0) is 12.8. The zero-order valence-corrected chi connectivity index (χ0v) is 11.8. The molecular formula is C13H20N4S. The Morgan fingerprint density at radius 1 is 1.44 bits per heavy atom. The number of thiophene rings is 1. The van der Waals surface area contributed by atoms with Gasteiger partial charge >= 0.3 is 0 Å². The van der Waals surface area contributed by atoms with Crippen LogP contribution in [0.2, 0.25) is 0 Å². The van der Waals surface area contributed by atoms with E-state index in [0.29, 0.717) is 6.04 Å². The molecule has 2 heterocycles. The second-order valence-electron chi connectivity index (χ2n) is 4.52. The molecule has 0 spiro atoms. The lowest BCUT2D eigenvalue weighted by Gasteiger charge is -2.16. The van der Waals surface area contributed by atoms with Crippen molar-refractivity contribution >= 4 is 11.3 Å². The molecule has 4 nitrogen and oxygen atoms in total. The first-order valence-corrected chi connectivity index (χ1v) is 7.27. The predicted octanol–water partition coefficient (Wildman–Crippen LogP) is 2.03. The van der Waals surface area contributed by atoms with Gasteiger partial charge < -0.3 is 5.32 Å². The number of rotatable bonds is 7. The molecule has 0 aliphatic rings. The molecule has 0 aliphatic heterocycles. The number of hydrogen-bond donors (Lipinski definition) is 1. The molecule has 18 heavy (non-hydrogen) atoms. The maximum atomic E-state index is 4.17. The summed E-state index contributed by atoms with van der Waals surface area (Å²) in [5.74, 6) is 0. The van der Waals surface area contributed by atoms with Crippen LogP contribution in [0, 0.1) is 0 Å². The Balaban J connectivity index is 1.95. The summed E-state index contributed by atoms with van der Waals surface area (Å²) >= 11 is 1.82. The molecule has 0 radical (unpaired) electrons. The summed E-state index contributed by atoms with van der Waals surface area (Å²) in [6.45, 7) is 3.24. The van der Waals surface area contributed by atoms with Crippen molar-refractivity contribution in [1.82, 2.24) is 20.3 Å². The summed E-state index contributed by atoms with van der Waals surface area (Å²) in [5.41, 5.74) is 1.06. The Morgan fingerprint density at radius 3 is 2.94 bits per heavy atom. The predicted molar refractivity (Wildman–Crippen MR) is 74.8 cm³/mol. The lowest BCUT2D eigenvalue weighted by molar-refractivity contribution is 0.503. The first kappa shape index (κ1) is 13.2. The van der Waals surface area contributed by atoms with Gasteiger partial charge in [0.25, 0.3) is 0 Å². The second kappa shape index (κ2) is 6.66. The van der Waals surface area contributed by atoms with Crippen LogP contribution in [-0.2, 0) is 19.9 Å². The van der Waals surface area contributed by atoms with Crippen LogP contribution in [0.3, 0.4) is 0 Å². The van der Waals surface area contributed by atoms with E-state index in [-0.39, 0.29) is 0 Å². The Labute approximate surface area is 112 Å². The molecule has 1 atom stereocenters. The quantitative estimate of drug-likeness (QED) is 0.832. The van der Waals surface area contributed by atoms with Gasteiger partial charge in [-0.2, -0.15) is 0 Å². The Hall–Kier alpha value is -1.20. The van der Waals surface area contributed by atoms with E-state index in [0.717, 1.165) is 31.5 Å². The van der Waals surface area contributed by atoms with Gasteiger partial charge in [0.2, 0.25) is 0 Å². The van der Waals surface area contributed by atoms with Gasteiger partial charge in [-0.1, -0.05) is 18.2 Å². The summed E-state index contributed by atoms with van der Waals surface area (Å²) in [4.78, 5) is 1.42. The van der Waals surface area contributed by atoms with Crippen molar-refractivity contribution in [1.29, 1.82) is 0 Å². The maximum Gasteiger partial charge on any atom is 0.0842 e. The molecule has 2 aromatic rings. The average Bonchev–Trinajstić information content (AvgIpc) is 2.98. The summed E-state index contributed by atoms with van der Waals surface area (Å²) in [5, 5.41) is 13.9. The molecule has 5 heteroatoms. The molecule has 0 fully saturated rings. The molecule has 2 aromatic heterocycles. The number of nitrogens with one attached hydrogen (secondary N) is 1. The van der Waals surface area contributed by atoms with E-state index in [4.69, 9.17) is 0 Å². The molecular weight excluding hydrogens is 244 g/mol. The van der Waals surface area contributed by atoms with Crippen molar-refractivity contribution in [3.8, 4) is 0 Å². The third kappa shape index (κ3) is 3.92. The molecule has 0 saturated heterocycles. The number of hydrogen-bond acceptors (Lipinski definition) is 4. The normalized spacial score (nSPS) is 12.8. The fourth-order valence-corrected chi connectivity index (χ4v) is 2.76. The molecule has 0 amide bonds. The van der Waals surface area contributed by atoms with Crippen LogP contribution in [-0.4, -0.2) is 27.6 Å². The van der Waals surface area contributed by atoms with Crippen molar-refractivity contribution in [3.63, 3.8) is 0 Å². The van der Waals surface area contributed by atoms with Crippen molar-refractivity contribution in [2.45, 2.75) is 32.2 Å². The third-order valence-corrected chi connectivity index (χ3v) is 3.72. The van der Waals surface area contributed by atoms with Gasteiger partial charge in [-0.25, -0.2) is 0 Å². The van der Waals surface area contributed by atoms with E-state index < -0.39 is 0 Å². The summed E-state index contributed by atoms with van der Waals surface area (Å²) in [7, 11) is 1.91. The Kier molecular flexibility index (Phi) is 4.90. The van der Waals surface area contributed by atoms with Gasteiger partial charge in [0.05, 0.1) is 5.69 Å². The topological polar surface area (TPSA) is 42.7 Å². The maximum absolute atomic E-state index is 4.17. The monoisotopic (exact) mass is 264 g/mol. The van der Waals surface area contributed by atoms with Crippen LogP contribution < -0.4 is 5.32 Å².